The molecule has 1 aliphatic carbocycles. The van der Waals surface area contributed by atoms with E-state index >= 15 is 0 Å². The summed E-state index contributed by atoms with van der Waals surface area (Å²) < 4.78 is 1.87. The van der Waals surface area contributed by atoms with Gasteiger partial charge in [-0.25, -0.2) is 4.98 Å². The van der Waals surface area contributed by atoms with Gasteiger partial charge in [-0.1, -0.05) is 96.7 Å². The summed E-state index contributed by atoms with van der Waals surface area (Å²) in [6, 6.07) is 29.1. The van der Waals surface area contributed by atoms with Crippen molar-refractivity contribution in [3.8, 4) is 10.4 Å². The number of benzene rings is 3. The lowest BCUT2D eigenvalue weighted by Crippen LogP contribution is -2.24. The van der Waals surface area contributed by atoms with Crippen LogP contribution in [0.3, 0.4) is 0 Å². The van der Waals surface area contributed by atoms with Crippen LogP contribution in [0.4, 0.5) is 0 Å². The van der Waals surface area contributed by atoms with Crippen LogP contribution in [0.1, 0.15) is 22.3 Å². The van der Waals surface area contributed by atoms with Crippen LogP contribution in [-0.2, 0) is 25.1 Å². The van der Waals surface area contributed by atoms with E-state index in [-0.39, 0.29) is 5.56 Å². The molecule has 1 aliphatic rings. The molecule has 0 aliphatic heterocycles. The fourth-order valence-corrected chi connectivity index (χ4v) is 6.81. The van der Waals surface area contributed by atoms with Crippen molar-refractivity contribution in [2.75, 3.05) is 0 Å². The molecule has 6 rings (SSSR count). The molecule has 0 saturated carbocycles. The fraction of sp³-hybridized carbons (Fsp3) is 0.143. The molecule has 0 bridgehead atoms. The van der Waals surface area contributed by atoms with E-state index in [2.05, 4.69) is 48.5 Å². The van der Waals surface area contributed by atoms with Gasteiger partial charge >= 0.3 is 0 Å². The summed E-state index contributed by atoms with van der Waals surface area (Å²) >= 11 is 3.31. The number of hydrogen-bond acceptors (Lipinski definition) is 4. The first-order valence-electron chi connectivity index (χ1n) is 11.1. The second kappa shape index (κ2) is 8.65. The highest BCUT2D eigenvalue weighted by Crippen LogP contribution is 2.42. The van der Waals surface area contributed by atoms with Crippen LogP contribution >= 0.6 is 23.1 Å². The number of aromatic nitrogens is 2. The van der Waals surface area contributed by atoms with Crippen LogP contribution in [0, 0.1) is 0 Å². The SMILES string of the molecule is O=c1c2c3c(sc2nc(SCc2ccccc2)n1Cc1ccccc1)-c1ccccc1CC3. The Labute approximate surface area is 200 Å². The largest absolute Gasteiger partial charge is 0.283 e. The van der Waals surface area contributed by atoms with Crippen molar-refractivity contribution in [1.82, 2.24) is 9.55 Å². The minimum Gasteiger partial charge on any atom is -0.283 e. The van der Waals surface area contributed by atoms with Crippen molar-refractivity contribution in [3.63, 3.8) is 0 Å². The quantitative estimate of drug-likeness (QED) is 0.217. The Morgan fingerprint density at radius 2 is 1.55 bits per heavy atom. The lowest BCUT2D eigenvalue weighted by atomic mass is 9.90. The minimum atomic E-state index is 0.0799. The molecule has 0 unspecified atom stereocenters. The predicted molar refractivity (Wildman–Crippen MR) is 138 cm³/mol. The summed E-state index contributed by atoms with van der Waals surface area (Å²) in [6.07, 6.45) is 1.86. The molecule has 3 aromatic carbocycles. The molecule has 5 aromatic rings. The van der Waals surface area contributed by atoms with E-state index in [1.807, 2.05) is 41.0 Å². The molecule has 0 radical (unpaired) electrons. The number of rotatable bonds is 5. The Kier molecular flexibility index (Phi) is 5.36. The Morgan fingerprint density at radius 1 is 0.848 bits per heavy atom. The highest BCUT2D eigenvalue weighted by Gasteiger charge is 2.25. The third-order valence-corrected chi connectivity index (χ3v) is 8.38. The molecule has 0 atom stereocenters. The number of aryl methyl sites for hydroxylation is 2. The molecular formula is C28H22N2OS2. The van der Waals surface area contributed by atoms with E-state index in [0.29, 0.717) is 6.54 Å². The van der Waals surface area contributed by atoms with Crippen LogP contribution < -0.4 is 5.56 Å². The Hall–Kier alpha value is -3.15. The van der Waals surface area contributed by atoms with Gasteiger partial charge in [-0.2, -0.15) is 0 Å². The lowest BCUT2D eigenvalue weighted by Gasteiger charge is -2.16. The standard InChI is InChI=1S/C28H22N2OS2/c31-27-24-23-16-15-21-13-7-8-14-22(21)25(23)33-26(24)29-28(32-18-20-11-5-2-6-12-20)30(27)17-19-9-3-1-4-10-19/h1-14H,15-18H2. The molecular weight excluding hydrogens is 444 g/mol. The van der Waals surface area contributed by atoms with Gasteiger partial charge in [-0.3, -0.25) is 9.36 Å². The molecule has 0 spiro atoms. The number of hydrogen-bond donors (Lipinski definition) is 0. The molecule has 0 fully saturated rings. The van der Waals surface area contributed by atoms with E-state index in [1.165, 1.54) is 27.1 Å². The van der Waals surface area contributed by atoms with E-state index in [9.17, 15) is 4.79 Å². The Balaban J connectivity index is 1.50. The highest BCUT2D eigenvalue weighted by molar-refractivity contribution is 7.98. The van der Waals surface area contributed by atoms with Crippen molar-refractivity contribution >= 4 is 33.3 Å². The summed E-state index contributed by atoms with van der Waals surface area (Å²) in [4.78, 5) is 21.1. The summed E-state index contributed by atoms with van der Waals surface area (Å²) in [5.74, 6) is 0.779. The van der Waals surface area contributed by atoms with Crippen molar-refractivity contribution in [2.45, 2.75) is 30.3 Å². The van der Waals surface area contributed by atoms with Crippen molar-refractivity contribution < 1.29 is 0 Å². The molecule has 2 aromatic heterocycles. The van der Waals surface area contributed by atoms with Crippen LogP contribution in [0.5, 0.6) is 0 Å². The second-order valence-electron chi connectivity index (χ2n) is 8.29. The van der Waals surface area contributed by atoms with E-state index < -0.39 is 0 Å². The molecule has 33 heavy (non-hydrogen) atoms. The zero-order valence-corrected chi connectivity index (χ0v) is 19.7. The first kappa shape index (κ1) is 20.5. The smallest absolute Gasteiger partial charge is 0.263 e. The molecule has 0 N–H and O–H groups in total. The first-order valence-corrected chi connectivity index (χ1v) is 12.9. The Bertz CT molecular complexity index is 1500. The maximum Gasteiger partial charge on any atom is 0.263 e. The maximum atomic E-state index is 13.9. The van der Waals surface area contributed by atoms with Gasteiger partial charge in [0.25, 0.3) is 5.56 Å². The topological polar surface area (TPSA) is 34.9 Å². The van der Waals surface area contributed by atoms with Crippen LogP contribution in [-0.4, -0.2) is 9.55 Å². The summed E-state index contributed by atoms with van der Waals surface area (Å²) in [5, 5.41) is 1.59. The number of nitrogens with zero attached hydrogens (tertiary/aromatic N) is 2. The Morgan fingerprint density at radius 3 is 2.33 bits per heavy atom. The lowest BCUT2D eigenvalue weighted by molar-refractivity contribution is 0.658. The summed E-state index contributed by atoms with van der Waals surface area (Å²) in [6.45, 7) is 0.529. The molecule has 5 heteroatoms. The average Bonchev–Trinajstić information content (AvgIpc) is 3.25. The second-order valence-corrected chi connectivity index (χ2v) is 10.2. The number of thiophene rings is 1. The van der Waals surface area contributed by atoms with Crippen LogP contribution in [0.25, 0.3) is 20.7 Å². The zero-order valence-electron chi connectivity index (χ0n) is 18.0. The molecule has 2 heterocycles. The molecule has 3 nitrogen and oxygen atoms in total. The molecule has 0 amide bonds. The van der Waals surface area contributed by atoms with Gasteiger partial charge in [0.05, 0.1) is 11.9 Å². The van der Waals surface area contributed by atoms with Crippen molar-refractivity contribution in [1.29, 1.82) is 0 Å². The average molecular weight is 467 g/mol. The van der Waals surface area contributed by atoms with Gasteiger partial charge < -0.3 is 0 Å². The molecule has 162 valence electrons. The van der Waals surface area contributed by atoms with Crippen LogP contribution in [0.2, 0.25) is 0 Å². The van der Waals surface area contributed by atoms with E-state index in [0.717, 1.165) is 39.5 Å². The van der Waals surface area contributed by atoms with Crippen molar-refractivity contribution in [3.05, 3.63) is 118 Å². The summed E-state index contributed by atoms with van der Waals surface area (Å²) in [5.41, 5.74) is 6.21. The minimum absolute atomic E-state index is 0.0799. The predicted octanol–water partition coefficient (Wildman–Crippen LogP) is 6.56. The number of thioether (sulfide) groups is 1. The van der Waals surface area contributed by atoms with Crippen LogP contribution in [0.15, 0.2) is 94.9 Å². The van der Waals surface area contributed by atoms with Gasteiger partial charge in [0.15, 0.2) is 5.16 Å². The van der Waals surface area contributed by atoms with Gasteiger partial charge in [0.1, 0.15) is 4.83 Å². The number of fused-ring (bicyclic) bond motifs is 5. The normalized spacial score (nSPS) is 12.5. The van der Waals surface area contributed by atoms with Gasteiger partial charge in [-0.05, 0) is 40.7 Å². The van der Waals surface area contributed by atoms with Gasteiger partial charge in [-0.15, -0.1) is 11.3 Å². The maximum absolute atomic E-state index is 13.9. The van der Waals surface area contributed by atoms with E-state index in [4.69, 9.17) is 4.98 Å². The third kappa shape index (κ3) is 3.81. The van der Waals surface area contributed by atoms with E-state index in [1.54, 1.807) is 23.1 Å². The monoisotopic (exact) mass is 466 g/mol. The van der Waals surface area contributed by atoms with Gasteiger partial charge in [0.2, 0.25) is 0 Å². The first-order chi connectivity index (χ1) is 16.3. The molecule has 0 saturated heterocycles. The van der Waals surface area contributed by atoms with Crippen molar-refractivity contribution in [2.24, 2.45) is 0 Å². The fourth-order valence-electron chi connectivity index (χ4n) is 4.53. The third-order valence-electron chi connectivity index (χ3n) is 6.18. The summed E-state index contributed by atoms with van der Waals surface area (Å²) in [7, 11) is 0. The van der Waals surface area contributed by atoms with Gasteiger partial charge in [0, 0.05) is 10.6 Å². The zero-order chi connectivity index (χ0) is 22.2. The highest BCUT2D eigenvalue weighted by atomic mass is 32.2.